The summed E-state index contributed by atoms with van der Waals surface area (Å²) in [4.78, 5) is 16.2. The Morgan fingerprint density at radius 3 is 2.62 bits per heavy atom. The molecule has 8 heteroatoms. The van der Waals surface area contributed by atoms with Crippen LogP contribution in [0.2, 0.25) is 5.02 Å². The zero-order chi connectivity index (χ0) is 21.1. The molecule has 1 aromatic heterocycles. The summed E-state index contributed by atoms with van der Waals surface area (Å²) in [6.45, 7) is 1.56. The number of amides is 1. The molecule has 0 aliphatic rings. The average molecular weight is 408 g/mol. The van der Waals surface area contributed by atoms with Gasteiger partial charge in [0, 0.05) is 11.1 Å². The molecule has 0 saturated carbocycles. The molecule has 0 radical (unpaired) electrons. The fraction of sp³-hybridized carbons (Fsp3) is 0.0952. The number of pyridine rings is 1. The van der Waals surface area contributed by atoms with Crippen molar-refractivity contribution in [2.24, 2.45) is 5.73 Å². The number of anilines is 2. The van der Waals surface area contributed by atoms with Crippen molar-refractivity contribution in [3.63, 3.8) is 0 Å². The number of aromatic hydroxyl groups is 1. The molecule has 0 saturated heterocycles. The van der Waals surface area contributed by atoms with E-state index < -0.39 is 11.9 Å². The van der Waals surface area contributed by atoms with Crippen molar-refractivity contribution < 1.29 is 9.90 Å². The number of rotatable bonds is 4. The molecule has 0 unspecified atom stereocenters. The molecule has 0 fully saturated rings. The molecule has 3 rings (SSSR count). The Morgan fingerprint density at radius 2 is 1.97 bits per heavy atom. The summed E-state index contributed by atoms with van der Waals surface area (Å²) in [5, 5.41) is 22.7. The Labute approximate surface area is 172 Å². The van der Waals surface area contributed by atoms with Gasteiger partial charge in [-0.25, -0.2) is 4.98 Å². The number of halogens is 1. The van der Waals surface area contributed by atoms with Gasteiger partial charge in [0.15, 0.2) is 0 Å². The van der Waals surface area contributed by atoms with Gasteiger partial charge < -0.3 is 21.9 Å². The first-order valence-electron chi connectivity index (χ1n) is 8.67. The Hall–Kier alpha value is -3.60. The van der Waals surface area contributed by atoms with Gasteiger partial charge in [0.2, 0.25) is 5.91 Å². The second-order valence-electron chi connectivity index (χ2n) is 6.42. The molecule has 29 heavy (non-hydrogen) atoms. The summed E-state index contributed by atoms with van der Waals surface area (Å²) in [7, 11) is 0. The van der Waals surface area contributed by atoms with E-state index in [9.17, 15) is 15.2 Å². The monoisotopic (exact) mass is 407 g/mol. The van der Waals surface area contributed by atoms with Crippen molar-refractivity contribution in [1.82, 2.24) is 4.98 Å². The number of aromatic nitrogens is 1. The van der Waals surface area contributed by atoms with Gasteiger partial charge in [0.1, 0.15) is 23.2 Å². The third kappa shape index (κ3) is 4.14. The van der Waals surface area contributed by atoms with Crippen molar-refractivity contribution >= 4 is 29.0 Å². The summed E-state index contributed by atoms with van der Waals surface area (Å²) in [6.07, 6.45) is 0. The number of nitrogen functional groups attached to an aromatic ring is 1. The van der Waals surface area contributed by atoms with E-state index in [4.69, 9.17) is 23.1 Å². The highest BCUT2D eigenvalue weighted by molar-refractivity contribution is 6.33. The van der Waals surface area contributed by atoms with Crippen LogP contribution < -0.4 is 16.8 Å². The lowest BCUT2D eigenvalue weighted by molar-refractivity contribution is -0.117. The lowest BCUT2D eigenvalue weighted by Gasteiger charge is -2.14. The SMILES string of the molecule is C[C@H](N)C(=O)Nc1cc(-c2cc(-c3ccccc3O)nc(N)c2C#N)ccc1Cl. The first-order valence-corrected chi connectivity index (χ1v) is 9.05. The van der Waals surface area contributed by atoms with Crippen LogP contribution in [0.3, 0.4) is 0 Å². The normalized spacial score (nSPS) is 11.5. The van der Waals surface area contributed by atoms with E-state index >= 15 is 0 Å². The number of carbonyl (C=O) groups excluding carboxylic acids is 1. The fourth-order valence-electron chi connectivity index (χ4n) is 2.77. The highest BCUT2D eigenvalue weighted by atomic mass is 35.5. The van der Waals surface area contributed by atoms with Crippen LogP contribution in [0, 0.1) is 11.3 Å². The van der Waals surface area contributed by atoms with Crippen LogP contribution in [0.5, 0.6) is 5.75 Å². The molecular formula is C21H18ClN5O2. The minimum absolute atomic E-state index is 0.0272. The molecular weight excluding hydrogens is 390 g/mol. The van der Waals surface area contributed by atoms with E-state index in [0.29, 0.717) is 33.1 Å². The zero-order valence-corrected chi connectivity index (χ0v) is 16.2. The van der Waals surface area contributed by atoms with E-state index in [1.165, 1.54) is 6.07 Å². The topological polar surface area (TPSA) is 138 Å². The van der Waals surface area contributed by atoms with Gasteiger partial charge in [-0.2, -0.15) is 5.26 Å². The number of nitrogens with zero attached hydrogens (tertiary/aromatic N) is 2. The van der Waals surface area contributed by atoms with Crippen LogP contribution in [-0.2, 0) is 4.79 Å². The van der Waals surface area contributed by atoms with Crippen LogP contribution >= 0.6 is 11.6 Å². The van der Waals surface area contributed by atoms with E-state index in [2.05, 4.69) is 16.4 Å². The minimum Gasteiger partial charge on any atom is -0.507 e. The summed E-state index contributed by atoms with van der Waals surface area (Å²) < 4.78 is 0. The Morgan fingerprint density at radius 1 is 1.24 bits per heavy atom. The Bertz CT molecular complexity index is 1140. The molecule has 2 aromatic carbocycles. The number of hydrogen-bond acceptors (Lipinski definition) is 6. The highest BCUT2D eigenvalue weighted by Crippen LogP contribution is 2.36. The highest BCUT2D eigenvalue weighted by Gasteiger charge is 2.17. The van der Waals surface area contributed by atoms with Gasteiger partial charge in [-0.1, -0.05) is 29.8 Å². The molecule has 7 nitrogen and oxygen atoms in total. The van der Waals surface area contributed by atoms with Gasteiger partial charge in [-0.3, -0.25) is 4.79 Å². The van der Waals surface area contributed by atoms with Crippen molar-refractivity contribution in [2.45, 2.75) is 13.0 Å². The fourth-order valence-corrected chi connectivity index (χ4v) is 2.94. The van der Waals surface area contributed by atoms with E-state index in [1.807, 2.05) is 0 Å². The summed E-state index contributed by atoms with van der Waals surface area (Å²) in [5.74, 6) is -0.330. The van der Waals surface area contributed by atoms with Gasteiger partial charge in [-0.05, 0) is 42.8 Å². The largest absolute Gasteiger partial charge is 0.507 e. The number of phenolic OH excluding ortho intramolecular Hbond substituents is 1. The Balaban J connectivity index is 2.17. The van der Waals surface area contributed by atoms with Crippen molar-refractivity contribution in [1.29, 1.82) is 5.26 Å². The molecule has 0 aliphatic carbocycles. The maximum atomic E-state index is 12.0. The summed E-state index contributed by atoms with van der Waals surface area (Å²) >= 11 is 6.19. The lowest BCUT2D eigenvalue weighted by Crippen LogP contribution is -2.32. The number of carbonyl (C=O) groups is 1. The predicted molar refractivity (Wildman–Crippen MR) is 113 cm³/mol. The quantitative estimate of drug-likeness (QED) is 0.522. The van der Waals surface area contributed by atoms with Crippen LogP contribution in [0.4, 0.5) is 11.5 Å². The molecule has 146 valence electrons. The molecule has 0 spiro atoms. The number of nitrogens with two attached hydrogens (primary N) is 2. The van der Waals surface area contributed by atoms with E-state index in [1.54, 1.807) is 49.4 Å². The molecule has 1 heterocycles. The molecule has 0 aliphatic heterocycles. The molecule has 1 amide bonds. The number of hydrogen-bond donors (Lipinski definition) is 4. The van der Waals surface area contributed by atoms with Gasteiger partial charge in [0.05, 0.1) is 22.4 Å². The third-order valence-corrected chi connectivity index (χ3v) is 4.62. The van der Waals surface area contributed by atoms with Gasteiger partial charge in [-0.15, -0.1) is 0 Å². The first-order chi connectivity index (χ1) is 13.8. The molecule has 3 aromatic rings. The van der Waals surface area contributed by atoms with Gasteiger partial charge >= 0.3 is 0 Å². The minimum atomic E-state index is -0.714. The van der Waals surface area contributed by atoms with Crippen molar-refractivity contribution in [2.75, 3.05) is 11.1 Å². The van der Waals surface area contributed by atoms with Crippen LogP contribution in [-0.4, -0.2) is 22.0 Å². The predicted octanol–water partition coefficient (Wildman–Crippen LogP) is 3.51. The van der Waals surface area contributed by atoms with E-state index in [0.717, 1.165) is 0 Å². The van der Waals surface area contributed by atoms with Crippen LogP contribution in [0.25, 0.3) is 22.4 Å². The van der Waals surface area contributed by atoms with Crippen LogP contribution in [0.15, 0.2) is 48.5 Å². The van der Waals surface area contributed by atoms with Gasteiger partial charge in [0.25, 0.3) is 0 Å². The number of nitrogens with one attached hydrogen (secondary N) is 1. The van der Waals surface area contributed by atoms with Crippen LogP contribution in [0.1, 0.15) is 12.5 Å². The summed E-state index contributed by atoms with van der Waals surface area (Å²) in [6, 6.07) is 14.6. The number of para-hydroxylation sites is 1. The maximum Gasteiger partial charge on any atom is 0.241 e. The molecule has 6 N–H and O–H groups in total. The first kappa shape index (κ1) is 20.1. The molecule has 1 atom stereocenters. The molecule has 0 bridgehead atoms. The summed E-state index contributed by atoms with van der Waals surface area (Å²) in [5.41, 5.74) is 14.1. The smallest absolute Gasteiger partial charge is 0.241 e. The van der Waals surface area contributed by atoms with Crippen molar-refractivity contribution in [3.05, 3.63) is 59.1 Å². The number of phenols is 1. The lowest BCUT2D eigenvalue weighted by atomic mass is 9.97. The number of nitriles is 1. The zero-order valence-electron chi connectivity index (χ0n) is 15.5. The standard InChI is InChI=1S/C21H18ClN5O2/c1-11(24)21(29)27-18-8-12(6-7-16(18)22)14-9-17(26-20(25)15(14)10-23)13-4-2-3-5-19(13)28/h2-9,11,28H,24H2,1H3,(H2,25,26)(H,27,29)/t11-/m0/s1. The average Bonchev–Trinajstić information content (AvgIpc) is 2.69. The van der Waals surface area contributed by atoms with Crippen molar-refractivity contribution in [3.8, 4) is 34.2 Å². The maximum absolute atomic E-state index is 12.0. The Kier molecular flexibility index (Phi) is 5.69. The second kappa shape index (κ2) is 8.19. The third-order valence-electron chi connectivity index (χ3n) is 4.29. The van der Waals surface area contributed by atoms with E-state index in [-0.39, 0.29) is 17.1 Å². The second-order valence-corrected chi connectivity index (χ2v) is 6.82. The number of benzene rings is 2.